The van der Waals surface area contributed by atoms with Crippen LogP contribution in [0.1, 0.15) is 31.9 Å². The lowest BCUT2D eigenvalue weighted by Gasteiger charge is -2.18. The van der Waals surface area contributed by atoms with Gasteiger partial charge in [0.15, 0.2) is 6.20 Å². The molecular formula is C28H28N+. The van der Waals surface area contributed by atoms with Gasteiger partial charge in [0.2, 0.25) is 5.69 Å². The average Bonchev–Trinajstić information content (AvgIpc) is 3.00. The van der Waals surface area contributed by atoms with Crippen molar-refractivity contribution in [3.63, 3.8) is 0 Å². The molecule has 0 fully saturated rings. The van der Waals surface area contributed by atoms with Crippen LogP contribution in [-0.4, -0.2) is 0 Å². The zero-order valence-electron chi connectivity index (χ0n) is 18.0. The van der Waals surface area contributed by atoms with Gasteiger partial charge in [-0.15, -0.1) is 0 Å². The molecule has 5 rings (SSSR count). The second-order valence-corrected chi connectivity index (χ2v) is 9.64. The Morgan fingerprint density at radius 3 is 2.21 bits per heavy atom. The molecule has 1 aliphatic carbocycles. The molecular weight excluding hydrogens is 350 g/mol. The average molecular weight is 379 g/mol. The normalized spacial score (nSPS) is 12.4. The Balaban J connectivity index is 1.72. The summed E-state index contributed by atoms with van der Waals surface area (Å²) >= 11 is 0. The number of benzene rings is 3. The summed E-state index contributed by atoms with van der Waals surface area (Å²) in [6.07, 6.45) is 3.29. The number of fused-ring (bicyclic) bond motifs is 3. The maximum atomic E-state index is 2.38. The fourth-order valence-corrected chi connectivity index (χ4v) is 4.94. The summed E-state index contributed by atoms with van der Waals surface area (Å²) in [7, 11) is 2.15. The van der Waals surface area contributed by atoms with Crippen LogP contribution in [0.3, 0.4) is 0 Å². The largest absolute Gasteiger partial charge is 0.212 e. The number of rotatable bonds is 2. The van der Waals surface area contributed by atoms with Crippen LogP contribution >= 0.6 is 0 Å². The molecule has 0 bridgehead atoms. The van der Waals surface area contributed by atoms with Crippen LogP contribution in [0.5, 0.6) is 0 Å². The van der Waals surface area contributed by atoms with Gasteiger partial charge in [-0.05, 0) is 69.0 Å². The van der Waals surface area contributed by atoms with E-state index < -0.39 is 0 Å². The minimum Gasteiger partial charge on any atom is -0.201 e. The van der Waals surface area contributed by atoms with Crippen molar-refractivity contribution in [3.8, 4) is 33.5 Å². The van der Waals surface area contributed by atoms with Gasteiger partial charge in [0.25, 0.3) is 0 Å². The fraction of sp³-hybridized carbons (Fsp3) is 0.250. The van der Waals surface area contributed by atoms with Crippen LogP contribution in [0.4, 0.5) is 0 Å². The number of hydrogen-bond acceptors (Lipinski definition) is 0. The van der Waals surface area contributed by atoms with Crippen LogP contribution in [-0.2, 0) is 13.5 Å². The second kappa shape index (κ2) is 6.29. The molecule has 0 N–H and O–H groups in total. The van der Waals surface area contributed by atoms with Gasteiger partial charge in [0, 0.05) is 17.7 Å². The Kier molecular flexibility index (Phi) is 3.93. The van der Waals surface area contributed by atoms with E-state index in [9.17, 15) is 0 Å². The molecule has 29 heavy (non-hydrogen) atoms. The second-order valence-electron chi connectivity index (χ2n) is 9.64. The third-order valence-corrected chi connectivity index (χ3v) is 6.15. The summed E-state index contributed by atoms with van der Waals surface area (Å²) in [6.45, 7) is 9.20. The summed E-state index contributed by atoms with van der Waals surface area (Å²) in [4.78, 5) is 0. The third kappa shape index (κ3) is 2.88. The van der Waals surface area contributed by atoms with E-state index in [1.807, 2.05) is 0 Å². The van der Waals surface area contributed by atoms with E-state index in [1.54, 1.807) is 0 Å². The van der Waals surface area contributed by atoms with Crippen LogP contribution in [0.25, 0.3) is 44.3 Å². The molecule has 1 aromatic heterocycles. The lowest BCUT2D eigenvalue weighted by atomic mass is 9.87. The van der Waals surface area contributed by atoms with Gasteiger partial charge in [-0.2, -0.15) is 0 Å². The fourth-order valence-electron chi connectivity index (χ4n) is 4.94. The van der Waals surface area contributed by atoms with Crippen molar-refractivity contribution < 1.29 is 4.57 Å². The molecule has 1 nitrogen and oxygen atoms in total. The molecule has 0 aliphatic heterocycles. The highest BCUT2D eigenvalue weighted by Gasteiger charge is 2.26. The van der Waals surface area contributed by atoms with Crippen molar-refractivity contribution in [3.05, 3.63) is 78.0 Å². The van der Waals surface area contributed by atoms with Crippen LogP contribution in [0.2, 0.25) is 0 Å². The zero-order chi connectivity index (χ0) is 20.3. The van der Waals surface area contributed by atoms with Crippen molar-refractivity contribution in [2.75, 3.05) is 0 Å². The summed E-state index contributed by atoms with van der Waals surface area (Å²) in [6, 6.07) is 22.6. The quantitative estimate of drug-likeness (QED) is 0.295. The van der Waals surface area contributed by atoms with Crippen molar-refractivity contribution in [2.24, 2.45) is 12.5 Å². The molecule has 1 heteroatoms. The number of hydrogen-bond donors (Lipinski definition) is 0. The Morgan fingerprint density at radius 2 is 1.48 bits per heavy atom. The molecule has 0 radical (unpaired) electrons. The topological polar surface area (TPSA) is 3.88 Å². The maximum absolute atomic E-state index is 2.38. The molecule has 1 aliphatic rings. The van der Waals surface area contributed by atoms with Crippen molar-refractivity contribution in [1.29, 1.82) is 0 Å². The number of aryl methyl sites for hydroxylation is 1. The maximum Gasteiger partial charge on any atom is 0.212 e. The van der Waals surface area contributed by atoms with Gasteiger partial charge >= 0.3 is 0 Å². The monoisotopic (exact) mass is 378 g/mol. The molecule has 4 aromatic rings. The van der Waals surface area contributed by atoms with E-state index in [2.05, 4.69) is 106 Å². The first-order valence-electron chi connectivity index (χ1n) is 10.5. The van der Waals surface area contributed by atoms with E-state index in [0.29, 0.717) is 0 Å². The number of pyridine rings is 1. The van der Waals surface area contributed by atoms with Crippen LogP contribution < -0.4 is 4.57 Å². The molecule has 0 amide bonds. The lowest BCUT2D eigenvalue weighted by Crippen LogP contribution is -2.31. The lowest BCUT2D eigenvalue weighted by molar-refractivity contribution is -0.660. The smallest absolute Gasteiger partial charge is 0.201 e. The molecule has 0 spiro atoms. The third-order valence-electron chi connectivity index (χ3n) is 6.15. The van der Waals surface area contributed by atoms with Gasteiger partial charge in [-0.1, -0.05) is 63.2 Å². The predicted molar refractivity (Wildman–Crippen MR) is 123 cm³/mol. The van der Waals surface area contributed by atoms with Crippen molar-refractivity contribution >= 4 is 10.8 Å². The zero-order valence-corrected chi connectivity index (χ0v) is 18.0. The minimum absolute atomic E-state index is 0.279. The van der Waals surface area contributed by atoms with Gasteiger partial charge in [-0.3, -0.25) is 0 Å². The Morgan fingerprint density at radius 1 is 0.793 bits per heavy atom. The summed E-state index contributed by atoms with van der Waals surface area (Å²) < 4.78 is 2.25. The number of nitrogens with zero attached hydrogens (tertiary/aromatic N) is 1. The summed E-state index contributed by atoms with van der Waals surface area (Å²) in [5.74, 6) is 0. The van der Waals surface area contributed by atoms with Crippen LogP contribution in [0, 0.1) is 12.3 Å². The van der Waals surface area contributed by atoms with Crippen molar-refractivity contribution in [2.45, 2.75) is 34.1 Å². The molecule has 0 saturated heterocycles. The summed E-state index contributed by atoms with van der Waals surface area (Å²) in [5.41, 5.74) is 11.2. The standard InChI is InChI=1S/C28H28N/c1-18-21(25-16-19(14-15-29(25)5)17-28(2,3)4)12-13-23-22-10-6-8-20-9-7-11-24(26(18)23)27(20)22/h6-16H,17H2,1-5H3/q+1. The van der Waals surface area contributed by atoms with E-state index in [1.165, 1.54) is 55.4 Å². The minimum atomic E-state index is 0.279. The van der Waals surface area contributed by atoms with Gasteiger partial charge in [0.1, 0.15) is 7.05 Å². The molecule has 3 aromatic carbocycles. The summed E-state index contributed by atoms with van der Waals surface area (Å²) in [5, 5.41) is 2.73. The molecule has 144 valence electrons. The Hall–Kier alpha value is -2.93. The van der Waals surface area contributed by atoms with Crippen LogP contribution in [0.15, 0.2) is 66.9 Å². The van der Waals surface area contributed by atoms with Crippen molar-refractivity contribution in [1.82, 2.24) is 0 Å². The van der Waals surface area contributed by atoms with E-state index in [0.717, 1.165) is 6.42 Å². The highest BCUT2D eigenvalue weighted by molar-refractivity contribution is 6.16. The first kappa shape index (κ1) is 18.1. The molecule has 0 unspecified atom stereocenters. The van der Waals surface area contributed by atoms with Gasteiger partial charge < -0.3 is 0 Å². The molecule has 1 heterocycles. The van der Waals surface area contributed by atoms with Gasteiger partial charge in [-0.25, -0.2) is 4.57 Å². The molecule has 0 saturated carbocycles. The first-order valence-corrected chi connectivity index (χ1v) is 10.5. The Labute approximate surface area is 173 Å². The van der Waals surface area contributed by atoms with E-state index >= 15 is 0 Å². The predicted octanol–water partition coefficient (Wildman–Crippen LogP) is 6.88. The Bertz CT molecular complexity index is 1270. The highest BCUT2D eigenvalue weighted by Crippen LogP contribution is 2.50. The van der Waals surface area contributed by atoms with Gasteiger partial charge in [0.05, 0.1) is 0 Å². The SMILES string of the molecule is Cc1c(-c2cc(CC(C)(C)C)cc[n+]2C)ccc2c1-c1cccc3cccc-2c13. The molecule has 0 atom stereocenters. The van der Waals surface area contributed by atoms with E-state index in [-0.39, 0.29) is 5.41 Å². The highest BCUT2D eigenvalue weighted by atomic mass is 14.9. The number of aromatic nitrogens is 1. The van der Waals surface area contributed by atoms with E-state index in [4.69, 9.17) is 0 Å². The first-order chi connectivity index (χ1) is 13.8.